The van der Waals surface area contributed by atoms with Gasteiger partial charge in [0.1, 0.15) is 5.75 Å². The average molecular weight is 318 g/mol. The zero-order valence-electron chi connectivity index (χ0n) is 13.0. The summed E-state index contributed by atoms with van der Waals surface area (Å²) in [5.41, 5.74) is 2.10. The van der Waals surface area contributed by atoms with Gasteiger partial charge in [-0.15, -0.1) is 0 Å². The number of aryl methyl sites for hydroxylation is 1. The van der Waals surface area contributed by atoms with Crippen LogP contribution < -0.4 is 0 Å². The van der Waals surface area contributed by atoms with Gasteiger partial charge in [0.05, 0.1) is 0 Å². The van der Waals surface area contributed by atoms with E-state index in [9.17, 15) is 4.21 Å². The van der Waals surface area contributed by atoms with Gasteiger partial charge in [-0.3, -0.25) is 4.21 Å². The van der Waals surface area contributed by atoms with Gasteiger partial charge in [-0.1, -0.05) is 48.2 Å². The fraction of sp³-hybridized carbons (Fsp3) is 0.529. The first-order chi connectivity index (χ1) is 10.7. The van der Waals surface area contributed by atoms with Crippen molar-refractivity contribution in [3.63, 3.8) is 0 Å². The van der Waals surface area contributed by atoms with Crippen LogP contribution in [0.15, 0.2) is 28.8 Å². The maximum absolute atomic E-state index is 12.3. The molecule has 1 saturated carbocycles. The summed E-state index contributed by atoms with van der Waals surface area (Å²) < 4.78 is 17.5. The van der Waals surface area contributed by atoms with Gasteiger partial charge in [-0.25, -0.2) is 0 Å². The molecule has 1 heterocycles. The Morgan fingerprint density at radius 1 is 1.27 bits per heavy atom. The highest BCUT2D eigenvalue weighted by atomic mass is 32.2. The maximum atomic E-state index is 12.3. The lowest BCUT2D eigenvalue weighted by molar-refractivity contribution is 0.383. The minimum Gasteiger partial charge on any atom is -0.338 e. The fourth-order valence-corrected chi connectivity index (χ4v) is 4.40. The van der Waals surface area contributed by atoms with Crippen molar-refractivity contribution in [1.82, 2.24) is 10.1 Å². The summed E-state index contributed by atoms with van der Waals surface area (Å²) in [6.07, 6.45) is 6.31. The van der Waals surface area contributed by atoms with E-state index in [4.69, 9.17) is 4.52 Å². The number of aromatic nitrogens is 2. The summed E-state index contributed by atoms with van der Waals surface area (Å²) >= 11 is 0. The Morgan fingerprint density at radius 3 is 2.86 bits per heavy atom. The second-order valence-electron chi connectivity index (χ2n) is 6.14. The SMILES string of the molecule is Cc1cccc(-c2noc(CS(=O)CC3CCCCC3)n2)c1. The molecule has 0 N–H and O–H groups in total. The van der Waals surface area contributed by atoms with Gasteiger partial charge in [0.2, 0.25) is 11.7 Å². The molecule has 1 aromatic heterocycles. The van der Waals surface area contributed by atoms with Crippen molar-refractivity contribution in [2.45, 2.75) is 44.8 Å². The molecule has 0 spiro atoms. The smallest absolute Gasteiger partial charge is 0.239 e. The van der Waals surface area contributed by atoms with Crippen LogP contribution in [0.4, 0.5) is 0 Å². The molecule has 1 aromatic carbocycles. The Morgan fingerprint density at radius 2 is 2.09 bits per heavy atom. The van der Waals surface area contributed by atoms with Gasteiger partial charge in [0.25, 0.3) is 0 Å². The molecule has 3 rings (SSSR count). The summed E-state index contributed by atoms with van der Waals surface area (Å²) in [7, 11) is -0.912. The largest absolute Gasteiger partial charge is 0.338 e. The highest BCUT2D eigenvalue weighted by Crippen LogP contribution is 2.25. The predicted octanol–water partition coefficient (Wildman–Crippen LogP) is 3.87. The molecule has 0 saturated heterocycles. The van der Waals surface area contributed by atoms with Crippen molar-refractivity contribution < 1.29 is 8.73 Å². The zero-order valence-corrected chi connectivity index (χ0v) is 13.8. The lowest BCUT2D eigenvalue weighted by Crippen LogP contribution is -2.15. The quantitative estimate of drug-likeness (QED) is 0.839. The number of hydrogen-bond donors (Lipinski definition) is 0. The Balaban J connectivity index is 1.60. The molecular weight excluding hydrogens is 296 g/mol. The van der Waals surface area contributed by atoms with E-state index in [2.05, 4.69) is 10.1 Å². The van der Waals surface area contributed by atoms with Gasteiger partial charge >= 0.3 is 0 Å². The Hall–Kier alpha value is -1.49. The summed E-state index contributed by atoms with van der Waals surface area (Å²) in [5.74, 6) is 2.80. The summed E-state index contributed by atoms with van der Waals surface area (Å²) in [6, 6.07) is 7.99. The molecular formula is C17H22N2O2S. The number of benzene rings is 1. The molecule has 1 unspecified atom stereocenters. The van der Waals surface area contributed by atoms with E-state index in [-0.39, 0.29) is 0 Å². The van der Waals surface area contributed by atoms with Gasteiger partial charge < -0.3 is 4.52 Å². The molecule has 1 fully saturated rings. The Bertz CT molecular complexity index is 648. The first kappa shape index (κ1) is 15.4. The Kier molecular flexibility index (Phi) is 5.03. The standard InChI is InChI=1S/C17H22N2O2S/c1-13-6-5-9-15(10-13)17-18-16(21-19-17)12-22(20)11-14-7-3-2-4-8-14/h5-6,9-10,14H,2-4,7-8,11-12H2,1H3. The minimum atomic E-state index is -0.912. The number of rotatable bonds is 5. The van der Waals surface area contributed by atoms with E-state index < -0.39 is 10.8 Å². The number of nitrogens with zero attached hydrogens (tertiary/aromatic N) is 2. The van der Waals surface area contributed by atoms with Crippen molar-refractivity contribution in [3.05, 3.63) is 35.7 Å². The van der Waals surface area contributed by atoms with E-state index >= 15 is 0 Å². The second-order valence-corrected chi connectivity index (χ2v) is 7.64. The van der Waals surface area contributed by atoms with E-state index in [1.165, 1.54) is 32.1 Å². The van der Waals surface area contributed by atoms with Gasteiger partial charge in [0.15, 0.2) is 0 Å². The lowest BCUT2D eigenvalue weighted by Gasteiger charge is -2.20. The molecule has 2 aromatic rings. The third kappa shape index (κ3) is 4.03. The molecule has 5 heteroatoms. The third-order valence-corrected chi connectivity index (χ3v) is 5.59. The summed E-state index contributed by atoms with van der Waals surface area (Å²) in [5, 5.41) is 4.01. The maximum Gasteiger partial charge on any atom is 0.239 e. The molecule has 1 atom stereocenters. The first-order valence-electron chi connectivity index (χ1n) is 7.95. The van der Waals surface area contributed by atoms with Crippen LogP contribution in [-0.4, -0.2) is 20.1 Å². The molecule has 0 bridgehead atoms. The van der Waals surface area contributed by atoms with Crippen molar-refractivity contribution in [2.75, 3.05) is 5.75 Å². The molecule has 0 aliphatic heterocycles. The highest BCUT2D eigenvalue weighted by Gasteiger charge is 2.18. The minimum absolute atomic E-state index is 0.370. The van der Waals surface area contributed by atoms with Gasteiger partial charge in [-0.05, 0) is 31.7 Å². The van der Waals surface area contributed by atoms with Crippen LogP contribution in [0.3, 0.4) is 0 Å². The molecule has 0 radical (unpaired) electrons. The Labute approximate surface area is 133 Å². The van der Waals surface area contributed by atoms with Crippen LogP contribution in [-0.2, 0) is 16.6 Å². The lowest BCUT2D eigenvalue weighted by atomic mass is 9.91. The molecule has 1 aliphatic rings. The molecule has 4 nitrogen and oxygen atoms in total. The fourth-order valence-electron chi connectivity index (χ4n) is 3.03. The summed E-state index contributed by atoms with van der Waals surface area (Å²) in [6.45, 7) is 2.03. The monoisotopic (exact) mass is 318 g/mol. The van der Waals surface area contributed by atoms with Crippen molar-refractivity contribution in [2.24, 2.45) is 5.92 Å². The van der Waals surface area contributed by atoms with Gasteiger partial charge in [-0.2, -0.15) is 4.98 Å². The molecule has 118 valence electrons. The first-order valence-corrected chi connectivity index (χ1v) is 9.44. The second kappa shape index (κ2) is 7.18. The van der Waals surface area contributed by atoms with Crippen LogP contribution in [0.1, 0.15) is 43.6 Å². The van der Waals surface area contributed by atoms with Crippen LogP contribution in [0.25, 0.3) is 11.4 Å². The zero-order chi connectivity index (χ0) is 15.4. The molecule has 22 heavy (non-hydrogen) atoms. The molecule has 1 aliphatic carbocycles. The topological polar surface area (TPSA) is 56.0 Å². The van der Waals surface area contributed by atoms with Gasteiger partial charge in [0, 0.05) is 22.1 Å². The van der Waals surface area contributed by atoms with Crippen LogP contribution >= 0.6 is 0 Å². The average Bonchev–Trinajstić information content (AvgIpc) is 2.96. The third-order valence-electron chi connectivity index (χ3n) is 4.18. The van der Waals surface area contributed by atoms with Crippen molar-refractivity contribution in [1.29, 1.82) is 0 Å². The normalized spacial score (nSPS) is 17.5. The predicted molar refractivity (Wildman–Crippen MR) is 87.8 cm³/mol. The van der Waals surface area contributed by atoms with Crippen molar-refractivity contribution in [3.8, 4) is 11.4 Å². The van der Waals surface area contributed by atoms with Crippen molar-refractivity contribution >= 4 is 10.8 Å². The van der Waals surface area contributed by atoms with Crippen LogP contribution in [0, 0.1) is 12.8 Å². The van der Waals surface area contributed by atoms with Crippen LogP contribution in [0.5, 0.6) is 0 Å². The van der Waals surface area contributed by atoms with E-state index in [1.54, 1.807) is 0 Å². The highest BCUT2D eigenvalue weighted by molar-refractivity contribution is 7.84. The van der Waals surface area contributed by atoms with E-state index in [0.29, 0.717) is 23.4 Å². The molecule has 0 amide bonds. The summed E-state index contributed by atoms with van der Waals surface area (Å²) in [4.78, 5) is 4.38. The van der Waals surface area contributed by atoms with E-state index in [0.717, 1.165) is 16.9 Å². The van der Waals surface area contributed by atoms with Crippen LogP contribution in [0.2, 0.25) is 0 Å². The van der Waals surface area contributed by atoms with E-state index in [1.807, 2.05) is 31.2 Å². The number of hydrogen-bond acceptors (Lipinski definition) is 4.